The first-order valence-corrected chi connectivity index (χ1v) is 19.2. The van der Waals surface area contributed by atoms with Gasteiger partial charge in [0, 0.05) is 17.1 Å². The van der Waals surface area contributed by atoms with Gasteiger partial charge in [0.2, 0.25) is 11.8 Å². The van der Waals surface area contributed by atoms with Gasteiger partial charge in [0.25, 0.3) is 11.8 Å². The minimum atomic E-state index is -4.76. The summed E-state index contributed by atoms with van der Waals surface area (Å²) in [6.07, 6.45) is -0.662. The fourth-order valence-corrected chi connectivity index (χ4v) is 9.88. The van der Waals surface area contributed by atoms with Gasteiger partial charge >= 0.3 is 6.18 Å². The highest BCUT2D eigenvalue weighted by atomic mass is 79.9. The Labute approximate surface area is 342 Å². The highest BCUT2D eigenvalue weighted by Crippen LogP contribution is 2.65. The predicted octanol–water partition coefficient (Wildman–Crippen LogP) is 8.72. The highest BCUT2D eigenvalue weighted by molar-refractivity contribution is 9.10. The Kier molecular flexibility index (Phi) is 9.52. The summed E-state index contributed by atoms with van der Waals surface area (Å²) < 4.78 is 46.3. The minimum absolute atomic E-state index is 0.0485. The van der Waals surface area contributed by atoms with Crippen LogP contribution in [0.25, 0.3) is 6.08 Å². The normalized spacial score (nSPS) is 25.5. The summed E-state index contributed by atoms with van der Waals surface area (Å²) in [4.78, 5) is 64.0. The Hall–Kier alpha value is -5.18. The van der Waals surface area contributed by atoms with E-state index in [4.69, 9.17) is 27.9 Å². The molecule has 2 aliphatic heterocycles. The van der Waals surface area contributed by atoms with E-state index in [-0.39, 0.29) is 34.6 Å². The second-order valence-electron chi connectivity index (χ2n) is 14.3. The fraction of sp³-hybridized carbons (Fsp3) is 0.244. The van der Waals surface area contributed by atoms with Crippen molar-refractivity contribution in [2.75, 3.05) is 17.4 Å². The van der Waals surface area contributed by atoms with E-state index in [1.165, 1.54) is 12.0 Å². The number of hydrazine groups is 1. The SMILES string of the molecule is C=Cc1ccc(N2C(=O)C3CC=C4C(CC5C(=O)N(Nc6ncc(C(F)(F)F)cc6Cl)C(=O)C5(c5ccc(Cl)cc5)C4c4cc(Br)c(O)c(OC)c4)C3C2=O)cc1. The van der Waals surface area contributed by atoms with Crippen molar-refractivity contribution in [3.05, 3.63) is 128 Å². The van der Waals surface area contributed by atoms with Gasteiger partial charge < -0.3 is 9.84 Å². The molecular formula is C41H30BrCl2F3N4O6. The van der Waals surface area contributed by atoms with E-state index in [1.807, 2.05) is 6.08 Å². The van der Waals surface area contributed by atoms with Crippen molar-refractivity contribution in [1.29, 1.82) is 0 Å². The molecule has 0 bridgehead atoms. The number of nitrogens with one attached hydrogen (secondary N) is 1. The van der Waals surface area contributed by atoms with E-state index < -0.39 is 75.4 Å². The largest absolute Gasteiger partial charge is 0.503 e. The molecule has 16 heteroatoms. The summed E-state index contributed by atoms with van der Waals surface area (Å²) in [5, 5.41) is 11.4. The molecule has 2 saturated heterocycles. The number of benzene rings is 3. The zero-order chi connectivity index (χ0) is 40.7. The van der Waals surface area contributed by atoms with Crippen LogP contribution in [0, 0.1) is 23.7 Å². The van der Waals surface area contributed by atoms with Crippen LogP contribution in [0.5, 0.6) is 11.5 Å². The molecule has 3 heterocycles. The smallest absolute Gasteiger partial charge is 0.417 e. The number of amides is 4. The summed E-state index contributed by atoms with van der Waals surface area (Å²) in [6.45, 7) is 3.76. The first-order chi connectivity index (χ1) is 27.1. The Bertz CT molecular complexity index is 2430. The Morgan fingerprint density at radius 1 is 1.00 bits per heavy atom. The lowest BCUT2D eigenvalue weighted by molar-refractivity contribution is -0.139. The molecule has 3 aromatic carbocycles. The van der Waals surface area contributed by atoms with Crippen LogP contribution in [0.3, 0.4) is 0 Å². The number of pyridine rings is 1. The summed E-state index contributed by atoms with van der Waals surface area (Å²) in [5.41, 5.74) is 2.28. The zero-order valence-electron chi connectivity index (χ0n) is 29.7. The molecule has 4 amide bonds. The summed E-state index contributed by atoms with van der Waals surface area (Å²) in [7, 11) is 1.35. The lowest BCUT2D eigenvalue weighted by Gasteiger charge is -2.50. The van der Waals surface area contributed by atoms with Gasteiger partial charge in [0.1, 0.15) is 0 Å². The van der Waals surface area contributed by atoms with Gasteiger partial charge in [-0.2, -0.15) is 18.2 Å². The van der Waals surface area contributed by atoms with Gasteiger partial charge in [-0.25, -0.2) is 4.98 Å². The van der Waals surface area contributed by atoms with Gasteiger partial charge in [-0.1, -0.05) is 71.8 Å². The number of hydrogen-bond acceptors (Lipinski definition) is 8. The number of imide groups is 2. The molecule has 3 fully saturated rings. The van der Waals surface area contributed by atoms with E-state index >= 15 is 4.79 Å². The molecule has 1 saturated carbocycles. The first-order valence-electron chi connectivity index (χ1n) is 17.6. The van der Waals surface area contributed by atoms with Crippen LogP contribution in [0.2, 0.25) is 10.0 Å². The molecule has 0 spiro atoms. The van der Waals surface area contributed by atoms with E-state index in [0.29, 0.717) is 44.7 Å². The van der Waals surface area contributed by atoms with Crippen LogP contribution in [-0.2, 0) is 30.8 Å². The quantitative estimate of drug-likeness (QED) is 0.139. The third-order valence-corrected chi connectivity index (χ3v) is 12.7. The van der Waals surface area contributed by atoms with Crippen molar-refractivity contribution in [3.8, 4) is 11.5 Å². The van der Waals surface area contributed by atoms with Gasteiger partial charge in [0.05, 0.1) is 51.0 Å². The number of hydrogen-bond donors (Lipinski definition) is 2. The average molecular weight is 883 g/mol. The van der Waals surface area contributed by atoms with Crippen LogP contribution in [-0.4, -0.2) is 45.8 Å². The van der Waals surface area contributed by atoms with Crippen molar-refractivity contribution in [2.24, 2.45) is 23.7 Å². The number of aromatic hydroxyl groups is 1. The Morgan fingerprint density at radius 3 is 2.33 bits per heavy atom. The number of carbonyl (C=O) groups is 4. The van der Waals surface area contributed by atoms with Gasteiger partial charge in [-0.3, -0.25) is 29.5 Å². The zero-order valence-corrected chi connectivity index (χ0v) is 32.8. The molecule has 6 unspecified atom stereocenters. The number of alkyl halides is 3. The standard InChI is InChI=1S/C41H30BrCl2F3N4O6/c1-3-19-4-10-24(11-5-19)50-36(53)26-13-12-25-27(32(26)38(50)55)17-28-37(54)51(49-35-30(44)16-22(18-48-35)41(45,46)47)39(56)40(28,21-6-8-23(43)9-7-21)33(25)20-14-29(42)34(52)31(15-20)57-2/h3-12,14-16,18,26-28,32-33,52H,1,13,17H2,2H3,(H,48,49). The first kappa shape index (κ1) is 38.7. The van der Waals surface area contributed by atoms with E-state index in [0.717, 1.165) is 5.56 Å². The number of nitrogens with zero attached hydrogens (tertiary/aromatic N) is 3. The predicted molar refractivity (Wildman–Crippen MR) is 208 cm³/mol. The number of carbonyl (C=O) groups excluding carboxylic acids is 4. The van der Waals surface area contributed by atoms with Crippen molar-refractivity contribution < 1.29 is 42.2 Å². The van der Waals surface area contributed by atoms with Crippen LogP contribution < -0.4 is 15.1 Å². The molecule has 2 N–H and O–H groups in total. The monoisotopic (exact) mass is 880 g/mol. The number of phenols is 1. The van der Waals surface area contributed by atoms with Gasteiger partial charge in [-0.05, 0) is 93.8 Å². The van der Waals surface area contributed by atoms with Crippen molar-refractivity contribution in [2.45, 2.75) is 30.4 Å². The van der Waals surface area contributed by atoms with Crippen molar-refractivity contribution in [1.82, 2.24) is 9.99 Å². The maximum absolute atomic E-state index is 15.4. The third-order valence-electron chi connectivity index (χ3n) is 11.5. The van der Waals surface area contributed by atoms with E-state index in [9.17, 15) is 32.7 Å². The number of rotatable bonds is 7. The van der Waals surface area contributed by atoms with Crippen LogP contribution in [0.4, 0.5) is 24.7 Å². The molecule has 292 valence electrons. The second kappa shape index (κ2) is 14.0. The maximum atomic E-state index is 15.4. The molecule has 57 heavy (non-hydrogen) atoms. The van der Waals surface area contributed by atoms with Crippen molar-refractivity contribution in [3.63, 3.8) is 0 Å². The molecule has 2 aliphatic carbocycles. The number of aromatic nitrogens is 1. The Balaban J connectivity index is 1.32. The minimum Gasteiger partial charge on any atom is -0.503 e. The Morgan fingerprint density at radius 2 is 1.70 bits per heavy atom. The fourth-order valence-electron chi connectivity index (χ4n) is 9.09. The molecule has 4 aromatic rings. The van der Waals surface area contributed by atoms with Gasteiger partial charge in [0.15, 0.2) is 17.3 Å². The summed E-state index contributed by atoms with van der Waals surface area (Å²) in [6, 6.07) is 17.0. The number of ether oxygens (including phenoxy) is 1. The molecule has 6 atom stereocenters. The number of halogens is 6. The number of phenolic OH excluding ortho intramolecular Hbond substituents is 1. The lowest BCUT2D eigenvalue weighted by atomic mass is 9.49. The summed E-state index contributed by atoms with van der Waals surface area (Å²) >= 11 is 16.0. The molecule has 10 nitrogen and oxygen atoms in total. The molecule has 8 rings (SSSR count). The van der Waals surface area contributed by atoms with Crippen LogP contribution in [0.1, 0.15) is 41.0 Å². The van der Waals surface area contributed by atoms with Gasteiger partial charge in [-0.15, -0.1) is 0 Å². The molecular weight excluding hydrogens is 852 g/mol. The van der Waals surface area contributed by atoms with Crippen LogP contribution in [0.15, 0.2) is 95.6 Å². The average Bonchev–Trinajstić information content (AvgIpc) is 3.57. The molecule has 1 aromatic heterocycles. The number of methoxy groups -OCH3 is 1. The maximum Gasteiger partial charge on any atom is 0.417 e. The van der Waals surface area contributed by atoms with E-state index in [2.05, 4.69) is 32.9 Å². The number of fused-ring (bicyclic) bond motifs is 4. The topological polar surface area (TPSA) is 129 Å². The number of allylic oxidation sites excluding steroid dienone is 2. The number of anilines is 2. The second-order valence-corrected chi connectivity index (χ2v) is 16.0. The van der Waals surface area contributed by atoms with Crippen LogP contribution >= 0.6 is 39.1 Å². The lowest BCUT2D eigenvalue weighted by Crippen LogP contribution is -2.53. The molecule has 4 aliphatic rings. The third kappa shape index (κ3) is 5.94. The van der Waals surface area contributed by atoms with E-state index in [1.54, 1.807) is 66.7 Å². The van der Waals surface area contributed by atoms with Crippen molar-refractivity contribution >= 4 is 80.3 Å². The molecule has 0 radical (unpaired) electrons. The highest BCUT2D eigenvalue weighted by Gasteiger charge is 2.70. The summed E-state index contributed by atoms with van der Waals surface area (Å²) in [5.74, 6) is -7.64.